The maximum atomic E-state index is 13.2. The molecule has 6 nitrogen and oxygen atoms in total. The van der Waals surface area contributed by atoms with Crippen LogP contribution in [-0.4, -0.2) is 72.3 Å². The highest BCUT2D eigenvalue weighted by Gasteiger charge is 2.31. The van der Waals surface area contributed by atoms with E-state index in [1.54, 1.807) is 12.1 Å². The highest BCUT2D eigenvalue weighted by Crippen LogP contribution is 2.24. The van der Waals surface area contributed by atoms with Crippen molar-refractivity contribution in [3.63, 3.8) is 0 Å². The first-order valence-electron chi connectivity index (χ1n) is 11.5. The maximum Gasteiger partial charge on any atom is 0.246 e. The number of hydrogen-bond acceptors (Lipinski definition) is 4. The van der Waals surface area contributed by atoms with Crippen molar-refractivity contribution in [2.75, 3.05) is 51.1 Å². The van der Waals surface area contributed by atoms with Gasteiger partial charge in [-0.1, -0.05) is 30.3 Å². The van der Waals surface area contributed by atoms with Crippen molar-refractivity contribution in [2.24, 2.45) is 0 Å². The summed E-state index contributed by atoms with van der Waals surface area (Å²) in [5.74, 6) is -0.259. The predicted octanol–water partition coefficient (Wildman–Crippen LogP) is 3.14. The fourth-order valence-electron chi connectivity index (χ4n) is 4.52. The van der Waals surface area contributed by atoms with Crippen molar-refractivity contribution in [3.8, 4) is 0 Å². The van der Waals surface area contributed by atoms with E-state index < -0.39 is 6.04 Å². The molecule has 2 aliphatic rings. The minimum Gasteiger partial charge on any atom is -0.342 e. The molecule has 1 unspecified atom stereocenters. The van der Waals surface area contributed by atoms with Crippen LogP contribution < -0.4 is 5.32 Å². The quantitative estimate of drug-likeness (QED) is 0.753. The van der Waals surface area contributed by atoms with E-state index in [-0.39, 0.29) is 17.6 Å². The maximum absolute atomic E-state index is 13.2. The summed E-state index contributed by atoms with van der Waals surface area (Å²) in [5.41, 5.74) is 1.49. The molecule has 2 aromatic carbocycles. The smallest absolute Gasteiger partial charge is 0.246 e. The standard InChI is InChI=1S/C25H31FN4O2/c26-21-9-11-22(12-10-21)27-25(32)24(20-7-3-1-4-8-20)30-17-15-28(16-18-30)19-23(31)29-13-5-2-6-14-29/h1,3-4,7-12,24H,2,5-6,13-19H2,(H,27,32). The number of nitrogens with zero attached hydrogens (tertiary/aromatic N) is 3. The van der Waals surface area contributed by atoms with Crippen molar-refractivity contribution in [1.29, 1.82) is 0 Å². The van der Waals surface area contributed by atoms with E-state index in [2.05, 4.69) is 15.1 Å². The fourth-order valence-corrected chi connectivity index (χ4v) is 4.52. The van der Waals surface area contributed by atoms with Gasteiger partial charge in [0.1, 0.15) is 11.9 Å². The van der Waals surface area contributed by atoms with Crippen LogP contribution in [0.2, 0.25) is 0 Å². The zero-order valence-electron chi connectivity index (χ0n) is 18.4. The molecular weight excluding hydrogens is 407 g/mol. The number of piperazine rings is 1. The topological polar surface area (TPSA) is 55.9 Å². The van der Waals surface area contributed by atoms with Crippen LogP contribution in [0.3, 0.4) is 0 Å². The average Bonchev–Trinajstić information content (AvgIpc) is 2.83. The first-order valence-corrected chi connectivity index (χ1v) is 11.5. The number of rotatable bonds is 6. The minimum atomic E-state index is -0.443. The van der Waals surface area contributed by atoms with Crippen LogP contribution in [-0.2, 0) is 9.59 Å². The summed E-state index contributed by atoms with van der Waals surface area (Å²) in [6.07, 6.45) is 3.41. The molecular formula is C25H31FN4O2. The summed E-state index contributed by atoms with van der Waals surface area (Å²) < 4.78 is 13.2. The Kier molecular flexibility index (Phi) is 7.50. The number of amides is 2. The van der Waals surface area contributed by atoms with E-state index >= 15 is 0 Å². The summed E-state index contributed by atoms with van der Waals surface area (Å²) in [6.45, 7) is 5.08. The number of nitrogens with one attached hydrogen (secondary N) is 1. The number of halogens is 1. The Labute approximate surface area is 189 Å². The molecule has 0 aliphatic carbocycles. The Hall–Kier alpha value is -2.77. The molecule has 2 aromatic rings. The minimum absolute atomic E-state index is 0.138. The third kappa shape index (κ3) is 5.72. The lowest BCUT2D eigenvalue weighted by Crippen LogP contribution is -2.52. The number of hydrogen-bond donors (Lipinski definition) is 1. The Morgan fingerprint density at radius 3 is 2.16 bits per heavy atom. The fraction of sp³-hybridized carbons (Fsp3) is 0.440. The second-order valence-corrected chi connectivity index (χ2v) is 8.56. The molecule has 4 rings (SSSR count). The van der Waals surface area contributed by atoms with Crippen LogP contribution in [0.4, 0.5) is 10.1 Å². The third-order valence-corrected chi connectivity index (χ3v) is 6.32. The van der Waals surface area contributed by atoms with Crippen molar-refractivity contribution in [3.05, 3.63) is 66.0 Å². The zero-order valence-corrected chi connectivity index (χ0v) is 18.4. The predicted molar refractivity (Wildman–Crippen MR) is 123 cm³/mol. The van der Waals surface area contributed by atoms with Gasteiger partial charge in [0.25, 0.3) is 0 Å². The van der Waals surface area contributed by atoms with Crippen LogP contribution in [0.5, 0.6) is 0 Å². The molecule has 1 N–H and O–H groups in total. The lowest BCUT2D eigenvalue weighted by atomic mass is 10.0. The molecule has 0 saturated carbocycles. The Morgan fingerprint density at radius 2 is 1.50 bits per heavy atom. The van der Waals surface area contributed by atoms with Gasteiger partial charge in [-0.2, -0.15) is 0 Å². The number of likely N-dealkylation sites (tertiary alicyclic amines) is 1. The molecule has 2 saturated heterocycles. The molecule has 32 heavy (non-hydrogen) atoms. The monoisotopic (exact) mass is 438 g/mol. The highest BCUT2D eigenvalue weighted by atomic mass is 19.1. The van der Waals surface area contributed by atoms with Gasteiger partial charge < -0.3 is 10.2 Å². The van der Waals surface area contributed by atoms with Crippen LogP contribution in [0.15, 0.2) is 54.6 Å². The van der Waals surface area contributed by atoms with Gasteiger partial charge in [-0.05, 0) is 49.1 Å². The zero-order chi connectivity index (χ0) is 22.3. The Balaban J connectivity index is 1.39. The molecule has 0 spiro atoms. The van der Waals surface area contributed by atoms with Crippen molar-refractivity contribution in [1.82, 2.24) is 14.7 Å². The Bertz CT molecular complexity index is 892. The number of carbonyl (C=O) groups is 2. The van der Waals surface area contributed by atoms with Gasteiger partial charge in [0.2, 0.25) is 11.8 Å². The summed E-state index contributed by atoms with van der Waals surface area (Å²) in [4.78, 5) is 32.2. The molecule has 2 fully saturated rings. The van der Waals surface area contributed by atoms with Crippen LogP contribution in [0.1, 0.15) is 30.9 Å². The molecule has 0 radical (unpaired) electrons. The van der Waals surface area contributed by atoms with E-state index in [0.717, 1.165) is 44.6 Å². The number of benzene rings is 2. The summed E-state index contributed by atoms with van der Waals surface area (Å²) in [6, 6.07) is 15.1. The van der Waals surface area contributed by atoms with Crippen LogP contribution in [0.25, 0.3) is 0 Å². The number of carbonyl (C=O) groups excluding carboxylic acids is 2. The molecule has 2 heterocycles. The van der Waals surface area contributed by atoms with Gasteiger partial charge in [-0.15, -0.1) is 0 Å². The highest BCUT2D eigenvalue weighted by molar-refractivity contribution is 5.95. The van der Waals surface area contributed by atoms with E-state index in [1.165, 1.54) is 18.6 Å². The van der Waals surface area contributed by atoms with Crippen molar-refractivity contribution in [2.45, 2.75) is 25.3 Å². The normalized spacial score (nSPS) is 18.8. The summed E-state index contributed by atoms with van der Waals surface area (Å²) in [5, 5.41) is 2.93. The number of piperidine rings is 1. The van der Waals surface area contributed by atoms with E-state index in [0.29, 0.717) is 25.3 Å². The molecule has 7 heteroatoms. The number of anilines is 1. The first kappa shape index (κ1) is 22.4. The lowest BCUT2D eigenvalue weighted by Gasteiger charge is -2.39. The molecule has 170 valence electrons. The molecule has 2 amide bonds. The largest absolute Gasteiger partial charge is 0.342 e. The van der Waals surface area contributed by atoms with Crippen molar-refractivity contribution < 1.29 is 14.0 Å². The van der Waals surface area contributed by atoms with E-state index in [4.69, 9.17) is 0 Å². The van der Waals surface area contributed by atoms with Gasteiger partial charge in [-0.25, -0.2) is 4.39 Å². The summed E-state index contributed by atoms with van der Waals surface area (Å²) in [7, 11) is 0. The second-order valence-electron chi connectivity index (χ2n) is 8.56. The van der Waals surface area contributed by atoms with E-state index in [1.807, 2.05) is 35.2 Å². The van der Waals surface area contributed by atoms with Gasteiger partial charge in [0.15, 0.2) is 0 Å². The molecule has 2 aliphatic heterocycles. The first-order chi connectivity index (χ1) is 15.6. The van der Waals surface area contributed by atoms with Gasteiger partial charge >= 0.3 is 0 Å². The van der Waals surface area contributed by atoms with Crippen LogP contribution >= 0.6 is 0 Å². The van der Waals surface area contributed by atoms with Gasteiger partial charge in [0, 0.05) is 45.0 Å². The van der Waals surface area contributed by atoms with E-state index in [9.17, 15) is 14.0 Å². The van der Waals surface area contributed by atoms with Gasteiger partial charge in [-0.3, -0.25) is 19.4 Å². The molecule has 0 aromatic heterocycles. The van der Waals surface area contributed by atoms with Gasteiger partial charge in [0.05, 0.1) is 6.54 Å². The molecule has 0 bridgehead atoms. The van der Waals surface area contributed by atoms with Crippen molar-refractivity contribution >= 4 is 17.5 Å². The van der Waals surface area contributed by atoms with Crippen LogP contribution in [0, 0.1) is 5.82 Å². The molecule has 1 atom stereocenters. The third-order valence-electron chi connectivity index (χ3n) is 6.32. The lowest BCUT2D eigenvalue weighted by molar-refractivity contribution is -0.134. The Morgan fingerprint density at radius 1 is 0.844 bits per heavy atom. The second kappa shape index (κ2) is 10.7. The SMILES string of the molecule is O=C(Nc1ccc(F)cc1)C(c1ccccc1)N1CCN(CC(=O)N2CCCCC2)CC1. The average molecular weight is 439 g/mol. The summed E-state index contributed by atoms with van der Waals surface area (Å²) >= 11 is 0.